The number of nitrogens with zero attached hydrogens (tertiary/aromatic N) is 7. The standard InChI is InChI=1S/C19H17N7OS2/c1-24-15(10-12-6-5-9-28-12)20-23-19(24)29-11-16-21-22-18-25(2)17(27)13-7-3-4-8-14(13)26(16)18/h3-9H,10-11H2,1-2H3. The first-order valence-electron chi connectivity index (χ1n) is 8.98. The number of thioether (sulfide) groups is 1. The molecule has 0 amide bonds. The molecule has 0 spiro atoms. The van der Waals surface area contributed by atoms with Crippen LogP contribution in [0.25, 0.3) is 16.7 Å². The van der Waals surface area contributed by atoms with E-state index in [2.05, 4.69) is 31.8 Å². The first kappa shape index (κ1) is 18.1. The summed E-state index contributed by atoms with van der Waals surface area (Å²) < 4.78 is 5.49. The Kier molecular flexibility index (Phi) is 4.44. The van der Waals surface area contributed by atoms with Crippen LogP contribution in [-0.2, 0) is 26.3 Å². The van der Waals surface area contributed by atoms with Gasteiger partial charge in [0.05, 0.1) is 16.7 Å². The lowest BCUT2D eigenvalue weighted by molar-refractivity contribution is 0.750. The van der Waals surface area contributed by atoms with Gasteiger partial charge in [0.2, 0.25) is 5.78 Å². The predicted molar refractivity (Wildman–Crippen MR) is 113 cm³/mol. The normalized spacial score (nSPS) is 11.7. The van der Waals surface area contributed by atoms with Gasteiger partial charge in [0, 0.05) is 25.4 Å². The third-order valence-corrected chi connectivity index (χ3v) is 6.75. The number of hydrogen-bond acceptors (Lipinski definition) is 7. The molecule has 0 atom stereocenters. The molecule has 5 aromatic rings. The quantitative estimate of drug-likeness (QED) is 0.404. The van der Waals surface area contributed by atoms with Crippen molar-refractivity contribution in [3.05, 3.63) is 68.7 Å². The molecule has 4 aromatic heterocycles. The van der Waals surface area contributed by atoms with Crippen molar-refractivity contribution in [3.63, 3.8) is 0 Å². The van der Waals surface area contributed by atoms with Gasteiger partial charge in [0.1, 0.15) is 11.6 Å². The largest absolute Gasteiger partial charge is 0.309 e. The third kappa shape index (κ3) is 3.04. The SMILES string of the molecule is Cn1c(Cc2cccs2)nnc1SCc1nnc2n(C)c(=O)c3ccccc3n12. The zero-order valence-electron chi connectivity index (χ0n) is 15.8. The maximum absolute atomic E-state index is 12.6. The van der Waals surface area contributed by atoms with E-state index >= 15 is 0 Å². The van der Waals surface area contributed by atoms with Gasteiger partial charge in [-0.15, -0.1) is 31.7 Å². The van der Waals surface area contributed by atoms with Crippen molar-refractivity contribution < 1.29 is 0 Å². The molecule has 5 rings (SSSR count). The summed E-state index contributed by atoms with van der Waals surface area (Å²) in [5, 5.41) is 20.8. The number of rotatable bonds is 5. The van der Waals surface area contributed by atoms with Crippen LogP contribution in [0.5, 0.6) is 0 Å². The average molecular weight is 424 g/mol. The summed E-state index contributed by atoms with van der Waals surface area (Å²) in [6, 6.07) is 11.7. The molecule has 4 heterocycles. The molecule has 0 bridgehead atoms. The van der Waals surface area contributed by atoms with E-state index in [-0.39, 0.29) is 5.56 Å². The molecule has 0 aliphatic heterocycles. The fraction of sp³-hybridized carbons (Fsp3) is 0.211. The summed E-state index contributed by atoms with van der Waals surface area (Å²) in [7, 11) is 3.70. The van der Waals surface area contributed by atoms with Crippen molar-refractivity contribution in [1.29, 1.82) is 0 Å². The van der Waals surface area contributed by atoms with Gasteiger partial charge in [-0.2, -0.15) is 0 Å². The highest BCUT2D eigenvalue weighted by molar-refractivity contribution is 7.98. The summed E-state index contributed by atoms with van der Waals surface area (Å²) >= 11 is 3.27. The average Bonchev–Trinajstić information content (AvgIpc) is 3.47. The van der Waals surface area contributed by atoms with Gasteiger partial charge in [0.25, 0.3) is 5.56 Å². The van der Waals surface area contributed by atoms with Gasteiger partial charge < -0.3 is 4.57 Å². The maximum Gasteiger partial charge on any atom is 0.262 e. The first-order valence-corrected chi connectivity index (χ1v) is 10.8. The summed E-state index contributed by atoms with van der Waals surface area (Å²) in [6.45, 7) is 0. The third-order valence-electron chi connectivity index (χ3n) is 4.86. The van der Waals surface area contributed by atoms with E-state index in [0.29, 0.717) is 16.9 Å². The fourth-order valence-electron chi connectivity index (χ4n) is 3.31. The van der Waals surface area contributed by atoms with Crippen LogP contribution in [0.1, 0.15) is 16.5 Å². The molecule has 0 radical (unpaired) electrons. The summed E-state index contributed by atoms with van der Waals surface area (Å²) in [6.07, 6.45) is 0.766. The van der Waals surface area contributed by atoms with Crippen LogP contribution in [-0.4, -0.2) is 33.9 Å². The minimum absolute atomic E-state index is 0.0776. The van der Waals surface area contributed by atoms with E-state index < -0.39 is 0 Å². The van der Waals surface area contributed by atoms with Gasteiger partial charge in [-0.3, -0.25) is 13.8 Å². The summed E-state index contributed by atoms with van der Waals surface area (Å²) in [5.41, 5.74) is 0.730. The molecular weight excluding hydrogens is 406 g/mol. The number of thiophene rings is 1. The second kappa shape index (κ2) is 7.12. The van der Waals surface area contributed by atoms with Crippen molar-refractivity contribution in [3.8, 4) is 0 Å². The molecule has 1 aromatic carbocycles. The topological polar surface area (TPSA) is 82.9 Å². The van der Waals surface area contributed by atoms with Crippen molar-refractivity contribution in [2.75, 3.05) is 0 Å². The van der Waals surface area contributed by atoms with E-state index in [1.165, 1.54) is 9.44 Å². The van der Waals surface area contributed by atoms with E-state index in [0.717, 1.165) is 28.7 Å². The van der Waals surface area contributed by atoms with Gasteiger partial charge in [-0.05, 0) is 23.6 Å². The van der Waals surface area contributed by atoms with Gasteiger partial charge in [-0.1, -0.05) is 30.0 Å². The lowest BCUT2D eigenvalue weighted by Crippen LogP contribution is -2.20. The molecule has 0 saturated carbocycles. The molecule has 29 heavy (non-hydrogen) atoms. The van der Waals surface area contributed by atoms with Crippen molar-refractivity contribution >= 4 is 39.8 Å². The highest BCUT2D eigenvalue weighted by Crippen LogP contribution is 2.23. The number of aromatic nitrogens is 7. The Morgan fingerprint density at radius 3 is 2.62 bits per heavy atom. The molecule has 0 unspecified atom stereocenters. The van der Waals surface area contributed by atoms with Crippen LogP contribution in [0.15, 0.2) is 51.7 Å². The van der Waals surface area contributed by atoms with Crippen LogP contribution >= 0.6 is 23.1 Å². The second-order valence-electron chi connectivity index (χ2n) is 6.64. The summed E-state index contributed by atoms with van der Waals surface area (Å²) in [5.74, 6) is 2.78. The lowest BCUT2D eigenvalue weighted by atomic mass is 10.2. The summed E-state index contributed by atoms with van der Waals surface area (Å²) in [4.78, 5) is 13.8. The molecule has 146 valence electrons. The van der Waals surface area contributed by atoms with E-state index in [9.17, 15) is 4.79 Å². The number of fused-ring (bicyclic) bond motifs is 3. The zero-order chi connectivity index (χ0) is 20.0. The number of benzene rings is 1. The van der Waals surface area contributed by atoms with Gasteiger partial charge >= 0.3 is 0 Å². The number of para-hydroxylation sites is 1. The van der Waals surface area contributed by atoms with Crippen LogP contribution in [0.4, 0.5) is 0 Å². The Morgan fingerprint density at radius 2 is 1.79 bits per heavy atom. The van der Waals surface area contributed by atoms with E-state index in [1.54, 1.807) is 30.1 Å². The second-order valence-corrected chi connectivity index (χ2v) is 8.61. The molecule has 0 fully saturated rings. The Labute approximate surface area is 173 Å². The van der Waals surface area contributed by atoms with Crippen LogP contribution in [0.3, 0.4) is 0 Å². The van der Waals surface area contributed by atoms with Crippen molar-refractivity contribution in [2.24, 2.45) is 14.1 Å². The molecular formula is C19H17N7OS2. The predicted octanol–water partition coefficient (Wildman–Crippen LogP) is 2.65. The molecule has 0 N–H and O–H groups in total. The van der Waals surface area contributed by atoms with Crippen LogP contribution in [0.2, 0.25) is 0 Å². The molecule has 10 heteroatoms. The highest BCUT2D eigenvalue weighted by atomic mass is 32.2. The zero-order valence-corrected chi connectivity index (χ0v) is 17.4. The smallest absolute Gasteiger partial charge is 0.262 e. The van der Waals surface area contributed by atoms with Crippen LogP contribution in [0, 0.1) is 0 Å². The van der Waals surface area contributed by atoms with Crippen LogP contribution < -0.4 is 5.56 Å². The Bertz CT molecular complexity index is 1380. The highest BCUT2D eigenvalue weighted by Gasteiger charge is 2.16. The van der Waals surface area contributed by atoms with Gasteiger partial charge in [-0.25, -0.2) is 0 Å². The van der Waals surface area contributed by atoms with Crippen molar-refractivity contribution in [2.45, 2.75) is 17.3 Å². The molecule has 0 aliphatic carbocycles. The first-order chi connectivity index (χ1) is 14.1. The van der Waals surface area contributed by atoms with E-state index in [1.807, 2.05) is 46.3 Å². The fourth-order valence-corrected chi connectivity index (χ4v) is 4.85. The minimum Gasteiger partial charge on any atom is -0.309 e. The van der Waals surface area contributed by atoms with Crippen molar-refractivity contribution in [1.82, 2.24) is 33.9 Å². The monoisotopic (exact) mass is 423 g/mol. The Hall–Kier alpha value is -2.98. The molecule has 0 saturated heterocycles. The lowest BCUT2D eigenvalue weighted by Gasteiger charge is -2.07. The number of aryl methyl sites for hydroxylation is 1. The Balaban J connectivity index is 1.48. The minimum atomic E-state index is -0.0776. The molecule has 0 aliphatic rings. The van der Waals surface area contributed by atoms with E-state index in [4.69, 9.17) is 0 Å². The molecule has 8 nitrogen and oxygen atoms in total. The van der Waals surface area contributed by atoms with Gasteiger partial charge in [0.15, 0.2) is 5.16 Å². The Morgan fingerprint density at radius 1 is 0.966 bits per heavy atom. The maximum atomic E-state index is 12.6. The number of hydrogen-bond donors (Lipinski definition) is 0.